The average molecular weight is 1080 g/mol. The highest BCUT2D eigenvalue weighted by Crippen LogP contribution is 2.78. The summed E-state index contributed by atoms with van der Waals surface area (Å²) in [6.45, 7) is 12.9. The number of ether oxygens (including phenoxy) is 9. The van der Waals surface area contributed by atoms with E-state index in [-0.39, 0.29) is 29.8 Å². The van der Waals surface area contributed by atoms with Crippen molar-refractivity contribution in [1.29, 1.82) is 0 Å². The molecule has 0 bridgehead atoms. The molecule has 432 valence electrons. The van der Waals surface area contributed by atoms with Gasteiger partial charge < -0.3 is 114 Å². The van der Waals surface area contributed by atoms with Gasteiger partial charge in [-0.25, -0.2) is 0 Å². The first-order valence-electron chi connectivity index (χ1n) is 26.9. The van der Waals surface area contributed by atoms with Crippen LogP contribution in [0.1, 0.15) is 100 Å². The van der Waals surface area contributed by atoms with Gasteiger partial charge in [-0.1, -0.05) is 46.3 Å². The second-order valence-electron chi connectivity index (χ2n) is 25.4. The van der Waals surface area contributed by atoms with Gasteiger partial charge in [-0.3, -0.25) is 0 Å². The standard InChI is InChI=1S/C52H86O23/c1-22(2)9-12-30-50(8,64)39-23-10-11-28-47(5)15-14-29(46(3,4)27(47)13-16-48(28,6)49(23,7)45(63)52(39,66)75-30)71-42-37(31(57)24(56)19-67-42)73-43-38(74-41-35(61)34(60)32(58)25(17-53)69-41)36(33(59)26(18-54)70-43)72-44-40(62)51(65,20-55)21-68-44/h9,23-45,53-66H,10-21H2,1-8H3. The van der Waals surface area contributed by atoms with Gasteiger partial charge >= 0.3 is 0 Å². The summed E-state index contributed by atoms with van der Waals surface area (Å²) in [6.07, 6.45) is -24.1. The summed E-state index contributed by atoms with van der Waals surface area (Å²) in [5, 5.41) is 156. The smallest absolute Gasteiger partial charge is 0.198 e. The molecular formula is C52H86O23. The SMILES string of the molecule is CC(C)=CCC1OC2(O)C(C3CCC4C5(C)CCC(OC6OCC(O)C(O)C6OC6OC(CO)C(O)C(OC7OCC(O)(CO)C7O)C6OC6OC(CO)C(O)C(O)C6O)C(C)(C)C5CCC4(C)C3(C)C2O)C1(C)O. The number of allylic oxidation sites excluding steroid dienone is 1. The molecular weight excluding hydrogens is 993 g/mol. The largest absolute Gasteiger partial charge is 0.394 e. The summed E-state index contributed by atoms with van der Waals surface area (Å²) in [4.78, 5) is 0. The molecule has 5 saturated heterocycles. The number of aliphatic hydroxyl groups is 14. The third kappa shape index (κ3) is 9.06. The Bertz CT molecular complexity index is 2040. The molecule has 4 aliphatic carbocycles. The minimum atomic E-state index is -2.20. The fourth-order valence-corrected chi connectivity index (χ4v) is 16.4. The quantitative estimate of drug-likeness (QED) is 0.0663. The van der Waals surface area contributed by atoms with Crippen LogP contribution in [0.3, 0.4) is 0 Å². The van der Waals surface area contributed by atoms with Crippen LogP contribution < -0.4 is 0 Å². The Kier molecular flexibility index (Phi) is 16.1. The Labute approximate surface area is 437 Å². The fraction of sp³-hybridized carbons (Fsp3) is 0.962. The molecule has 23 nitrogen and oxygen atoms in total. The van der Waals surface area contributed by atoms with Crippen molar-refractivity contribution in [3.8, 4) is 0 Å². The summed E-state index contributed by atoms with van der Waals surface area (Å²) in [6, 6.07) is 0. The van der Waals surface area contributed by atoms with Gasteiger partial charge in [0.2, 0.25) is 0 Å². The third-order valence-corrected chi connectivity index (χ3v) is 20.7. The lowest BCUT2D eigenvalue weighted by molar-refractivity contribution is -0.402. The zero-order valence-corrected chi connectivity index (χ0v) is 44.3. The minimum absolute atomic E-state index is 0.0359. The summed E-state index contributed by atoms with van der Waals surface area (Å²) in [7, 11) is 0. The molecule has 4 saturated carbocycles. The predicted molar refractivity (Wildman–Crippen MR) is 255 cm³/mol. The molecule has 0 radical (unpaired) electrons. The lowest BCUT2D eigenvalue weighted by atomic mass is 9.35. The van der Waals surface area contributed by atoms with Crippen molar-refractivity contribution in [2.24, 2.45) is 45.3 Å². The van der Waals surface area contributed by atoms with Gasteiger partial charge in [0.15, 0.2) is 30.9 Å². The van der Waals surface area contributed by atoms with E-state index in [1.165, 1.54) is 0 Å². The van der Waals surface area contributed by atoms with Crippen molar-refractivity contribution in [1.82, 2.24) is 0 Å². The molecule has 23 heteroatoms. The normalized spacial score (nSPS) is 56.4. The molecule has 29 atom stereocenters. The average Bonchev–Trinajstić information content (AvgIpc) is 3.85. The second-order valence-corrected chi connectivity index (χ2v) is 25.4. The van der Waals surface area contributed by atoms with Gasteiger partial charge in [0.1, 0.15) is 85.0 Å². The van der Waals surface area contributed by atoms with Crippen LogP contribution in [-0.4, -0.2) is 238 Å². The van der Waals surface area contributed by atoms with E-state index in [0.717, 1.165) is 18.4 Å². The summed E-state index contributed by atoms with van der Waals surface area (Å²) in [5.41, 5.74) is -4.74. The van der Waals surface area contributed by atoms with Crippen LogP contribution in [-0.2, 0) is 42.6 Å². The van der Waals surface area contributed by atoms with E-state index in [4.69, 9.17) is 42.6 Å². The highest BCUT2D eigenvalue weighted by Gasteiger charge is 2.81. The lowest BCUT2D eigenvalue weighted by Crippen LogP contribution is -2.68. The van der Waals surface area contributed by atoms with Crippen LogP contribution in [0.2, 0.25) is 0 Å². The number of fused-ring (bicyclic) bond motifs is 7. The Balaban J connectivity index is 0.973. The summed E-state index contributed by atoms with van der Waals surface area (Å²) < 4.78 is 55.3. The van der Waals surface area contributed by atoms with E-state index in [9.17, 15) is 71.5 Å². The maximum Gasteiger partial charge on any atom is 0.198 e. The molecule has 0 spiro atoms. The van der Waals surface area contributed by atoms with Crippen LogP contribution in [0.25, 0.3) is 0 Å². The van der Waals surface area contributed by atoms with E-state index < -0.39 is 182 Å². The third-order valence-electron chi connectivity index (χ3n) is 20.7. The van der Waals surface area contributed by atoms with Crippen molar-refractivity contribution >= 4 is 0 Å². The van der Waals surface area contributed by atoms with Crippen molar-refractivity contribution in [2.45, 2.75) is 234 Å². The molecule has 5 aliphatic heterocycles. The van der Waals surface area contributed by atoms with Crippen LogP contribution in [0.15, 0.2) is 11.6 Å². The number of hydrogen-bond acceptors (Lipinski definition) is 23. The second kappa shape index (κ2) is 20.7. The van der Waals surface area contributed by atoms with Crippen molar-refractivity contribution in [2.75, 3.05) is 33.0 Å². The number of aliphatic hydroxyl groups excluding tert-OH is 11. The van der Waals surface area contributed by atoms with E-state index in [1.807, 2.05) is 19.9 Å². The number of rotatable bonds is 13. The molecule has 14 N–H and O–H groups in total. The van der Waals surface area contributed by atoms with Crippen LogP contribution >= 0.6 is 0 Å². The van der Waals surface area contributed by atoms with Crippen LogP contribution in [0.5, 0.6) is 0 Å². The molecule has 75 heavy (non-hydrogen) atoms. The Hall–Kier alpha value is -1.18. The van der Waals surface area contributed by atoms with Crippen LogP contribution in [0, 0.1) is 45.3 Å². The lowest BCUT2D eigenvalue weighted by Gasteiger charge is -2.70. The Morgan fingerprint density at radius 1 is 0.627 bits per heavy atom. The summed E-state index contributed by atoms with van der Waals surface area (Å²) >= 11 is 0. The zero-order chi connectivity index (χ0) is 54.9. The van der Waals surface area contributed by atoms with Crippen LogP contribution in [0.4, 0.5) is 0 Å². The van der Waals surface area contributed by atoms with Gasteiger partial charge in [0, 0.05) is 5.41 Å². The first-order chi connectivity index (χ1) is 35.0. The van der Waals surface area contributed by atoms with Gasteiger partial charge in [-0.15, -0.1) is 0 Å². The molecule has 0 aromatic heterocycles. The highest BCUT2D eigenvalue weighted by atomic mass is 16.8. The first kappa shape index (κ1) is 58.5. The molecule has 9 aliphatic rings. The van der Waals surface area contributed by atoms with Gasteiger partial charge in [0.05, 0.1) is 56.8 Å². The fourth-order valence-electron chi connectivity index (χ4n) is 16.4. The molecule has 9 rings (SSSR count). The highest BCUT2D eigenvalue weighted by molar-refractivity contribution is 5.27. The van der Waals surface area contributed by atoms with E-state index in [0.29, 0.717) is 32.1 Å². The maximum atomic E-state index is 12.5. The van der Waals surface area contributed by atoms with Gasteiger partial charge in [0.25, 0.3) is 0 Å². The molecule has 29 unspecified atom stereocenters. The van der Waals surface area contributed by atoms with Gasteiger partial charge in [-0.05, 0) is 99.7 Å². The zero-order valence-electron chi connectivity index (χ0n) is 44.3. The van der Waals surface area contributed by atoms with Gasteiger partial charge in [-0.2, -0.15) is 0 Å². The Morgan fingerprint density at radius 3 is 1.91 bits per heavy atom. The first-order valence-corrected chi connectivity index (χ1v) is 26.9. The van der Waals surface area contributed by atoms with Crippen molar-refractivity contribution < 1.29 is 114 Å². The van der Waals surface area contributed by atoms with E-state index in [1.54, 1.807) is 6.92 Å². The topological polar surface area (TPSA) is 366 Å². The molecule has 0 aromatic carbocycles. The number of hydrogen-bond donors (Lipinski definition) is 14. The predicted octanol–water partition coefficient (Wildman–Crippen LogP) is -2.62. The molecule has 9 fully saturated rings. The van der Waals surface area contributed by atoms with E-state index >= 15 is 0 Å². The monoisotopic (exact) mass is 1080 g/mol. The molecule has 0 amide bonds. The Morgan fingerprint density at radius 2 is 1.27 bits per heavy atom. The van der Waals surface area contributed by atoms with Crippen molar-refractivity contribution in [3.05, 3.63) is 11.6 Å². The summed E-state index contributed by atoms with van der Waals surface area (Å²) in [5.74, 6) is -2.77. The molecule has 0 aromatic rings. The maximum absolute atomic E-state index is 12.5. The minimum Gasteiger partial charge on any atom is -0.394 e. The molecule has 5 heterocycles. The van der Waals surface area contributed by atoms with Crippen molar-refractivity contribution in [3.63, 3.8) is 0 Å². The van der Waals surface area contributed by atoms with E-state index in [2.05, 4.69) is 34.6 Å².